The van der Waals surface area contributed by atoms with Crippen molar-refractivity contribution in [3.8, 4) is 0 Å². The zero-order chi connectivity index (χ0) is 15.7. The van der Waals surface area contributed by atoms with E-state index in [-0.39, 0.29) is 18.0 Å². The number of benzene rings is 1. The van der Waals surface area contributed by atoms with Crippen LogP contribution in [0.5, 0.6) is 0 Å². The van der Waals surface area contributed by atoms with E-state index in [0.717, 1.165) is 0 Å². The first-order chi connectivity index (χ1) is 10.6. The molecule has 0 spiro atoms. The lowest BCUT2D eigenvalue weighted by atomic mass is 10.0. The minimum atomic E-state index is -0.515. The van der Waals surface area contributed by atoms with Crippen LogP contribution in [0.2, 0.25) is 5.02 Å². The average Bonchev–Trinajstić information content (AvgIpc) is 2.82. The smallest absolute Gasteiger partial charge is 0.307 e. The van der Waals surface area contributed by atoms with Gasteiger partial charge >= 0.3 is 5.97 Å². The summed E-state index contributed by atoms with van der Waals surface area (Å²) in [4.78, 5) is 30.1. The number of halogens is 1. The molecule has 3 rings (SSSR count). The summed E-state index contributed by atoms with van der Waals surface area (Å²) in [5.41, 5.74) is 1.55. The van der Waals surface area contributed by atoms with Gasteiger partial charge in [0.2, 0.25) is 0 Å². The van der Waals surface area contributed by atoms with Gasteiger partial charge in [0.05, 0.1) is 19.6 Å². The van der Waals surface area contributed by atoms with E-state index in [4.69, 9.17) is 16.3 Å². The Bertz CT molecular complexity index is 733. The molecule has 1 unspecified atom stereocenters. The molecule has 0 fully saturated rings. The Morgan fingerprint density at radius 2 is 2.05 bits per heavy atom. The predicted molar refractivity (Wildman–Crippen MR) is 81.9 cm³/mol. The number of carbonyl (C=O) groups excluding carboxylic acids is 2. The van der Waals surface area contributed by atoms with E-state index in [1.807, 2.05) is 30.3 Å². The zero-order valence-electron chi connectivity index (χ0n) is 11.8. The van der Waals surface area contributed by atoms with Crippen LogP contribution >= 0.6 is 11.6 Å². The lowest BCUT2D eigenvalue weighted by Crippen LogP contribution is -2.29. The number of para-hydroxylation sites is 1. The van der Waals surface area contributed by atoms with Crippen molar-refractivity contribution in [1.82, 2.24) is 4.98 Å². The number of rotatable bonds is 3. The van der Waals surface area contributed by atoms with Crippen molar-refractivity contribution in [3.05, 3.63) is 58.9 Å². The van der Waals surface area contributed by atoms with Gasteiger partial charge in [0.15, 0.2) is 0 Å². The van der Waals surface area contributed by atoms with Crippen molar-refractivity contribution in [3.63, 3.8) is 0 Å². The molecule has 1 aliphatic rings. The lowest BCUT2D eigenvalue weighted by molar-refractivity contribution is -0.141. The topological polar surface area (TPSA) is 59.5 Å². The van der Waals surface area contributed by atoms with E-state index in [0.29, 0.717) is 16.3 Å². The Morgan fingerprint density at radius 3 is 2.73 bits per heavy atom. The molecule has 6 heteroatoms. The second-order valence-corrected chi connectivity index (χ2v) is 5.27. The van der Waals surface area contributed by atoms with Crippen LogP contribution in [0.3, 0.4) is 0 Å². The molecule has 1 aromatic heterocycles. The third-order valence-electron chi connectivity index (χ3n) is 3.63. The van der Waals surface area contributed by atoms with E-state index in [1.54, 1.807) is 11.0 Å². The van der Waals surface area contributed by atoms with Gasteiger partial charge in [0.1, 0.15) is 5.69 Å². The maximum absolute atomic E-state index is 12.7. The zero-order valence-corrected chi connectivity index (χ0v) is 12.6. The standard InChI is InChI=1S/C16H13ClN2O3/c1-22-13(20)9-12-14-11(17)7-8-18-15(14)16(21)19(12)10-5-3-2-4-6-10/h2-8,12H,9H2,1H3. The number of aromatic nitrogens is 1. The number of esters is 1. The molecular formula is C16H13ClN2O3. The Hall–Kier alpha value is -2.40. The molecule has 1 atom stereocenters. The summed E-state index contributed by atoms with van der Waals surface area (Å²) in [6.07, 6.45) is 1.51. The normalized spacial score (nSPS) is 16.5. The quantitative estimate of drug-likeness (QED) is 0.817. The average molecular weight is 317 g/mol. The molecule has 0 saturated carbocycles. The van der Waals surface area contributed by atoms with Crippen LogP contribution in [0.25, 0.3) is 0 Å². The largest absolute Gasteiger partial charge is 0.469 e. The van der Waals surface area contributed by atoms with Gasteiger partial charge in [0.25, 0.3) is 5.91 Å². The van der Waals surface area contributed by atoms with E-state index in [9.17, 15) is 9.59 Å². The molecule has 2 aromatic rings. The number of ether oxygens (including phenoxy) is 1. The van der Waals surface area contributed by atoms with Crippen LogP contribution in [0.15, 0.2) is 42.6 Å². The molecule has 0 radical (unpaired) electrons. The van der Waals surface area contributed by atoms with E-state index in [2.05, 4.69) is 4.98 Å². The lowest BCUT2D eigenvalue weighted by Gasteiger charge is -2.24. The van der Waals surface area contributed by atoms with Gasteiger partial charge in [-0.15, -0.1) is 0 Å². The molecule has 5 nitrogen and oxygen atoms in total. The van der Waals surface area contributed by atoms with E-state index < -0.39 is 12.0 Å². The number of hydrogen-bond acceptors (Lipinski definition) is 4. The van der Waals surface area contributed by atoms with Gasteiger partial charge in [0, 0.05) is 22.5 Å². The fourth-order valence-electron chi connectivity index (χ4n) is 2.64. The van der Waals surface area contributed by atoms with Crippen LogP contribution in [0, 0.1) is 0 Å². The predicted octanol–water partition coefficient (Wildman–Crippen LogP) is 3.00. The molecule has 1 aliphatic heterocycles. The Morgan fingerprint density at radius 1 is 1.32 bits per heavy atom. The number of fused-ring (bicyclic) bond motifs is 1. The number of amides is 1. The Labute approximate surface area is 132 Å². The summed E-state index contributed by atoms with van der Waals surface area (Å²) in [5.74, 6) is -0.677. The van der Waals surface area contributed by atoms with E-state index in [1.165, 1.54) is 13.3 Å². The third kappa shape index (κ3) is 2.33. The van der Waals surface area contributed by atoms with Crippen LogP contribution in [-0.2, 0) is 9.53 Å². The summed E-state index contributed by atoms with van der Waals surface area (Å²) in [7, 11) is 1.32. The van der Waals surface area contributed by atoms with Crippen molar-refractivity contribution in [1.29, 1.82) is 0 Å². The SMILES string of the molecule is COC(=O)CC1c2c(Cl)ccnc2C(=O)N1c1ccccc1. The number of anilines is 1. The number of pyridine rings is 1. The van der Waals surface area contributed by atoms with Crippen LogP contribution < -0.4 is 4.90 Å². The van der Waals surface area contributed by atoms with Crippen molar-refractivity contribution in [2.45, 2.75) is 12.5 Å². The molecule has 1 amide bonds. The fourth-order valence-corrected chi connectivity index (χ4v) is 2.91. The van der Waals surface area contributed by atoms with Gasteiger partial charge in [-0.1, -0.05) is 29.8 Å². The second kappa shape index (κ2) is 5.77. The first-order valence-electron chi connectivity index (χ1n) is 6.73. The van der Waals surface area contributed by atoms with Gasteiger partial charge in [-0.2, -0.15) is 0 Å². The van der Waals surface area contributed by atoms with Crippen LogP contribution in [-0.4, -0.2) is 24.0 Å². The fraction of sp³-hybridized carbons (Fsp3) is 0.188. The summed E-state index contributed by atoms with van der Waals surface area (Å²) in [6.45, 7) is 0. The molecule has 0 N–H and O–H groups in total. The molecule has 0 bridgehead atoms. The minimum Gasteiger partial charge on any atom is -0.469 e. The molecule has 1 aromatic carbocycles. The highest BCUT2D eigenvalue weighted by atomic mass is 35.5. The van der Waals surface area contributed by atoms with E-state index >= 15 is 0 Å². The second-order valence-electron chi connectivity index (χ2n) is 4.86. The molecule has 22 heavy (non-hydrogen) atoms. The number of hydrogen-bond donors (Lipinski definition) is 0. The summed E-state index contributed by atoms with van der Waals surface area (Å²) in [5, 5.41) is 0.422. The number of methoxy groups -OCH3 is 1. The summed E-state index contributed by atoms with van der Waals surface area (Å²) >= 11 is 6.24. The highest BCUT2D eigenvalue weighted by Crippen LogP contribution is 2.41. The summed E-state index contributed by atoms with van der Waals surface area (Å²) < 4.78 is 4.75. The van der Waals surface area contributed by atoms with Crippen molar-refractivity contribution in [2.24, 2.45) is 0 Å². The number of carbonyl (C=O) groups is 2. The highest BCUT2D eigenvalue weighted by Gasteiger charge is 2.41. The Balaban J connectivity index is 2.11. The van der Waals surface area contributed by atoms with Crippen molar-refractivity contribution >= 4 is 29.2 Å². The first-order valence-corrected chi connectivity index (χ1v) is 7.11. The molecule has 112 valence electrons. The van der Waals surface area contributed by atoms with Gasteiger partial charge < -0.3 is 4.74 Å². The van der Waals surface area contributed by atoms with Gasteiger partial charge in [-0.25, -0.2) is 0 Å². The first kappa shape index (κ1) is 14.5. The van der Waals surface area contributed by atoms with Crippen molar-refractivity contribution < 1.29 is 14.3 Å². The summed E-state index contributed by atoms with van der Waals surface area (Å²) in [6, 6.07) is 10.2. The van der Waals surface area contributed by atoms with Gasteiger partial charge in [-0.3, -0.25) is 19.5 Å². The maximum atomic E-state index is 12.7. The maximum Gasteiger partial charge on any atom is 0.307 e. The minimum absolute atomic E-state index is 0.0234. The Kier molecular flexibility index (Phi) is 3.81. The van der Waals surface area contributed by atoms with Gasteiger partial charge in [-0.05, 0) is 18.2 Å². The highest BCUT2D eigenvalue weighted by molar-refractivity contribution is 6.32. The molecule has 2 heterocycles. The monoisotopic (exact) mass is 316 g/mol. The van der Waals surface area contributed by atoms with Crippen molar-refractivity contribution in [2.75, 3.05) is 12.0 Å². The molecule has 0 aliphatic carbocycles. The third-order valence-corrected chi connectivity index (χ3v) is 3.95. The molecular weight excluding hydrogens is 304 g/mol. The van der Waals surface area contributed by atoms with Crippen LogP contribution in [0.1, 0.15) is 28.5 Å². The van der Waals surface area contributed by atoms with Crippen LogP contribution in [0.4, 0.5) is 5.69 Å². The number of nitrogens with zero attached hydrogens (tertiary/aromatic N) is 2. The molecule has 0 saturated heterocycles.